The van der Waals surface area contributed by atoms with Gasteiger partial charge < -0.3 is 15.1 Å². The maximum Gasteiger partial charge on any atom is 0.236 e. The molecule has 0 aliphatic carbocycles. The Balaban J connectivity index is 1.74. The molecule has 0 aromatic heterocycles. The van der Waals surface area contributed by atoms with Crippen molar-refractivity contribution in [3.63, 3.8) is 0 Å². The van der Waals surface area contributed by atoms with Crippen LogP contribution in [0.15, 0.2) is 4.99 Å². The zero-order valence-corrected chi connectivity index (χ0v) is 20.1. The summed E-state index contributed by atoms with van der Waals surface area (Å²) in [6.45, 7) is 16.9. The predicted octanol–water partition coefficient (Wildman–Crippen LogP) is 1.23. The van der Waals surface area contributed by atoms with E-state index in [0.717, 1.165) is 45.2 Å². The molecule has 2 saturated heterocycles. The lowest BCUT2D eigenvalue weighted by Gasteiger charge is -2.39. The maximum atomic E-state index is 12.7. The van der Waals surface area contributed by atoms with E-state index in [1.54, 1.807) is 7.05 Å². The summed E-state index contributed by atoms with van der Waals surface area (Å²) in [6.07, 6.45) is 1.22. The second-order valence-corrected chi connectivity index (χ2v) is 12.0. The number of nitrogens with zero attached hydrogens (tertiary/aromatic N) is 4. The number of carbonyl (C=O) groups is 1. The third-order valence-corrected chi connectivity index (χ3v) is 7.66. The Bertz CT molecular complexity index is 586. The van der Waals surface area contributed by atoms with Crippen molar-refractivity contribution in [2.45, 2.75) is 45.8 Å². The number of hydrogen-bond donors (Lipinski definition) is 1. The topological polar surface area (TPSA) is 68.2 Å². The molecule has 0 saturated carbocycles. The van der Waals surface area contributed by atoms with Crippen LogP contribution in [0.5, 0.6) is 0 Å². The van der Waals surface area contributed by atoms with Gasteiger partial charge in [0.15, 0.2) is 5.96 Å². The normalized spacial score (nSPS) is 25.8. The lowest BCUT2D eigenvalue weighted by Crippen LogP contribution is -2.55. The second-order valence-electron chi connectivity index (χ2n) is 9.64. The van der Waals surface area contributed by atoms with E-state index in [2.05, 4.69) is 38.9 Å². The summed E-state index contributed by atoms with van der Waals surface area (Å²) in [5, 5.41) is 3.35. The molecular formula is C21H41N5O2S. The van der Waals surface area contributed by atoms with Crippen LogP contribution in [-0.4, -0.2) is 101 Å². The first-order chi connectivity index (χ1) is 13.6. The van der Waals surface area contributed by atoms with Crippen LogP contribution in [0.1, 0.15) is 41.0 Å². The van der Waals surface area contributed by atoms with E-state index in [1.165, 1.54) is 6.42 Å². The molecule has 0 aromatic carbocycles. The van der Waals surface area contributed by atoms with Crippen LogP contribution < -0.4 is 5.32 Å². The number of amides is 1. The van der Waals surface area contributed by atoms with E-state index in [0.29, 0.717) is 30.7 Å². The third-order valence-electron chi connectivity index (χ3n) is 5.72. The van der Waals surface area contributed by atoms with Crippen LogP contribution >= 0.6 is 0 Å². The Hall–Kier alpha value is -1.15. The molecule has 2 aliphatic rings. The summed E-state index contributed by atoms with van der Waals surface area (Å²) in [7, 11) is 0.922. The SMILES string of the molecule is CN=C(NCCS(=O)C(C)(C)C)N1CCN(CC(=O)N2CC(C)CC(C)C2)CC1. The molecule has 8 heteroatoms. The quantitative estimate of drug-likeness (QED) is 0.528. The molecule has 0 spiro atoms. The van der Waals surface area contributed by atoms with Crippen molar-refractivity contribution in [3.8, 4) is 0 Å². The number of aliphatic imine (C=N–C) groups is 1. The number of piperazine rings is 1. The smallest absolute Gasteiger partial charge is 0.236 e. The van der Waals surface area contributed by atoms with Crippen molar-refractivity contribution < 1.29 is 9.00 Å². The van der Waals surface area contributed by atoms with E-state index in [1.807, 2.05) is 20.8 Å². The molecule has 29 heavy (non-hydrogen) atoms. The minimum Gasteiger partial charge on any atom is -0.355 e. The van der Waals surface area contributed by atoms with Gasteiger partial charge in [-0.15, -0.1) is 0 Å². The molecule has 3 atom stereocenters. The number of rotatable bonds is 5. The fourth-order valence-corrected chi connectivity index (χ4v) is 5.07. The minimum absolute atomic E-state index is 0.187. The largest absolute Gasteiger partial charge is 0.355 e. The third kappa shape index (κ3) is 7.55. The molecule has 7 nitrogen and oxygen atoms in total. The monoisotopic (exact) mass is 427 g/mol. The van der Waals surface area contributed by atoms with Crippen molar-refractivity contribution in [1.82, 2.24) is 20.0 Å². The molecule has 0 aromatic rings. The molecule has 168 valence electrons. The fraction of sp³-hybridized carbons (Fsp3) is 0.905. The van der Waals surface area contributed by atoms with Gasteiger partial charge in [0.1, 0.15) is 0 Å². The van der Waals surface area contributed by atoms with E-state index < -0.39 is 10.8 Å². The van der Waals surface area contributed by atoms with E-state index in [-0.39, 0.29) is 10.7 Å². The number of carbonyl (C=O) groups excluding carboxylic acids is 1. The molecule has 2 rings (SSSR count). The average Bonchev–Trinajstić information content (AvgIpc) is 2.64. The molecule has 2 aliphatic heterocycles. The zero-order valence-electron chi connectivity index (χ0n) is 19.2. The minimum atomic E-state index is -0.867. The van der Waals surface area contributed by atoms with E-state index >= 15 is 0 Å². The highest BCUT2D eigenvalue weighted by Gasteiger charge is 2.28. The van der Waals surface area contributed by atoms with Gasteiger partial charge in [0, 0.05) is 74.2 Å². The first-order valence-electron chi connectivity index (χ1n) is 10.9. The summed E-state index contributed by atoms with van der Waals surface area (Å²) in [6, 6.07) is 0. The van der Waals surface area contributed by atoms with Gasteiger partial charge in [-0.3, -0.25) is 18.9 Å². The van der Waals surface area contributed by atoms with Gasteiger partial charge in [-0.2, -0.15) is 0 Å². The van der Waals surface area contributed by atoms with Crippen molar-refractivity contribution in [3.05, 3.63) is 0 Å². The number of guanidine groups is 1. The van der Waals surface area contributed by atoms with Gasteiger partial charge in [-0.05, 0) is 39.0 Å². The summed E-state index contributed by atoms with van der Waals surface area (Å²) < 4.78 is 12.0. The highest BCUT2D eigenvalue weighted by molar-refractivity contribution is 7.86. The standard InChI is InChI=1S/C21H41N5O2S/c1-17-13-18(2)15-26(14-17)19(27)16-24-8-10-25(11-9-24)20(22-6)23-7-12-29(28)21(3,4)5/h17-18H,7-16H2,1-6H3,(H,22,23). The fourth-order valence-electron chi connectivity index (χ4n) is 4.17. The van der Waals surface area contributed by atoms with Crippen LogP contribution in [0.4, 0.5) is 0 Å². The van der Waals surface area contributed by atoms with Gasteiger partial charge in [0.05, 0.1) is 6.54 Å². The molecule has 1 N–H and O–H groups in total. The molecule has 2 heterocycles. The van der Waals surface area contributed by atoms with Crippen LogP contribution in [0, 0.1) is 11.8 Å². The lowest BCUT2D eigenvalue weighted by atomic mass is 9.92. The number of nitrogens with one attached hydrogen (secondary N) is 1. The number of hydrogen-bond acceptors (Lipinski definition) is 4. The Labute approximate surface area is 179 Å². The first kappa shape index (κ1) is 24.1. The Morgan fingerprint density at radius 1 is 1.07 bits per heavy atom. The summed E-state index contributed by atoms with van der Waals surface area (Å²) >= 11 is 0. The highest BCUT2D eigenvalue weighted by atomic mass is 32.2. The number of likely N-dealkylation sites (tertiary alicyclic amines) is 1. The second kappa shape index (κ2) is 10.8. The van der Waals surface area contributed by atoms with Crippen molar-refractivity contribution in [2.75, 3.05) is 65.2 Å². The summed E-state index contributed by atoms with van der Waals surface area (Å²) in [4.78, 5) is 23.6. The van der Waals surface area contributed by atoms with E-state index in [9.17, 15) is 9.00 Å². The molecule has 3 unspecified atom stereocenters. The molecular weight excluding hydrogens is 386 g/mol. The van der Waals surface area contributed by atoms with Gasteiger partial charge in [-0.25, -0.2) is 0 Å². The Morgan fingerprint density at radius 2 is 1.66 bits per heavy atom. The Kier molecular flexibility index (Phi) is 8.94. The summed E-state index contributed by atoms with van der Waals surface area (Å²) in [5.41, 5.74) is 0. The average molecular weight is 428 g/mol. The van der Waals surface area contributed by atoms with E-state index in [4.69, 9.17) is 0 Å². The van der Waals surface area contributed by atoms with Gasteiger partial charge in [-0.1, -0.05) is 13.8 Å². The van der Waals surface area contributed by atoms with Gasteiger partial charge in [0.25, 0.3) is 0 Å². The van der Waals surface area contributed by atoms with Gasteiger partial charge >= 0.3 is 0 Å². The highest BCUT2D eigenvalue weighted by Crippen LogP contribution is 2.21. The van der Waals surface area contributed by atoms with Crippen LogP contribution in [0.3, 0.4) is 0 Å². The molecule has 0 bridgehead atoms. The number of piperidine rings is 1. The predicted molar refractivity (Wildman–Crippen MR) is 122 cm³/mol. The van der Waals surface area contributed by atoms with Crippen molar-refractivity contribution in [2.24, 2.45) is 16.8 Å². The van der Waals surface area contributed by atoms with Crippen molar-refractivity contribution >= 4 is 22.7 Å². The molecule has 2 fully saturated rings. The summed E-state index contributed by atoms with van der Waals surface area (Å²) in [5.74, 6) is 2.94. The first-order valence-corrected chi connectivity index (χ1v) is 12.3. The molecule has 1 amide bonds. The maximum absolute atomic E-state index is 12.7. The lowest BCUT2D eigenvalue weighted by molar-refractivity contribution is -0.135. The van der Waals surface area contributed by atoms with Crippen molar-refractivity contribution in [1.29, 1.82) is 0 Å². The van der Waals surface area contributed by atoms with Crippen LogP contribution in [0.25, 0.3) is 0 Å². The zero-order chi connectivity index (χ0) is 21.6. The Morgan fingerprint density at radius 3 is 2.17 bits per heavy atom. The molecule has 0 radical (unpaired) electrons. The van der Waals surface area contributed by atoms with Crippen LogP contribution in [-0.2, 0) is 15.6 Å². The van der Waals surface area contributed by atoms with Gasteiger partial charge in [0.2, 0.25) is 5.91 Å². The van der Waals surface area contributed by atoms with Crippen LogP contribution in [0.2, 0.25) is 0 Å².